The molecule has 1 aliphatic rings. The number of thioether (sulfide) groups is 1. The van der Waals surface area contributed by atoms with Gasteiger partial charge >= 0.3 is 6.18 Å². The topological polar surface area (TPSA) is 58.6 Å². The van der Waals surface area contributed by atoms with E-state index in [2.05, 4.69) is 5.32 Å². The first kappa shape index (κ1) is 24.1. The fourth-order valence-corrected chi connectivity index (χ4v) is 4.24. The smallest absolute Gasteiger partial charge is 0.418 e. The number of amides is 2. The van der Waals surface area contributed by atoms with Crippen molar-refractivity contribution < 1.29 is 27.5 Å². The molecule has 2 aromatic carbocycles. The predicted molar refractivity (Wildman–Crippen MR) is 123 cm³/mol. The van der Waals surface area contributed by atoms with Gasteiger partial charge < -0.3 is 10.1 Å². The van der Waals surface area contributed by atoms with Gasteiger partial charge in [0.05, 0.1) is 22.8 Å². The predicted octanol–water partition coefficient (Wildman–Crippen LogP) is 5.60. The van der Waals surface area contributed by atoms with E-state index in [0.29, 0.717) is 17.3 Å². The van der Waals surface area contributed by atoms with Gasteiger partial charge in [0.1, 0.15) is 16.6 Å². The molecule has 1 saturated heterocycles. The molecule has 3 rings (SSSR count). The number of benzene rings is 2. The number of rotatable bonds is 6. The van der Waals surface area contributed by atoms with E-state index < -0.39 is 35.8 Å². The van der Waals surface area contributed by atoms with Gasteiger partial charge in [-0.2, -0.15) is 13.2 Å². The van der Waals surface area contributed by atoms with Crippen LogP contribution < -0.4 is 10.1 Å². The lowest BCUT2D eigenvalue weighted by Gasteiger charge is -2.17. The molecule has 1 heterocycles. The Bertz CT molecular complexity index is 1090. The maximum absolute atomic E-state index is 13.2. The Hall–Kier alpha value is -2.56. The average Bonchev–Trinajstić information content (AvgIpc) is 2.97. The molecule has 11 heteroatoms. The highest BCUT2D eigenvalue weighted by Gasteiger charge is 2.36. The van der Waals surface area contributed by atoms with Gasteiger partial charge in [-0.25, -0.2) is 0 Å². The first-order valence-electron chi connectivity index (χ1n) is 9.23. The lowest BCUT2D eigenvalue weighted by Crippen LogP contribution is -2.36. The third kappa shape index (κ3) is 5.81. The van der Waals surface area contributed by atoms with E-state index in [1.807, 2.05) is 6.92 Å². The number of carbonyl (C=O) groups excluding carboxylic acids is 2. The van der Waals surface area contributed by atoms with Gasteiger partial charge in [0.2, 0.25) is 5.91 Å². The van der Waals surface area contributed by atoms with E-state index in [4.69, 9.17) is 28.6 Å². The van der Waals surface area contributed by atoms with Gasteiger partial charge in [0.25, 0.3) is 5.91 Å². The first-order chi connectivity index (χ1) is 15.1. The third-order valence-electron chi connectivity index (χ3n) is 4.23. The fourth-order valence-electron chi connectivity index (χ4n) is 2.81. The van der Waals surface area contributed by atoms with Gasteiger partial charge in [-0.1, -0.05) is 47.7 Å². The van der Waals surface area contributed by atoms with Crippen LogP contribution in [0.25, 0.3) is 6.08 Å². The molecule has 0 spiro atoms. The van der Waals surface area contributed by atoms with Crippen molar-refractivity contribution >= 4 is 63.5 Å². The molecule has 0 saturated carbocycles. The summed E-state index contributed by atoms with van der Waals surface area (Å²) in [5.74, 6) is -0.637. The summed E-state index contributed by atoms with van der Waals surface area (Å²) in [6, 6.07) is 10.1. The molecule has 0 aromatic heterocycles. The van der Waals surface area contributed by atoms with Crippen molar-refractivity contribution in [2.24, 2.45) is 0 Å². The van der Waals surface area contributed by atoms with Gasteiger partial charge in [-0.05, 0) is 48.9 Å². The summed E-state index contributed by atoms with van der Waals surface area (Å²) in [6.07, 6.45) is -3.09. The molecule has 0 bridgehead atoms. The number of carbonyl (C=O) groups is 2. The Morgan fingerprint density at radius 1 is 1.25 bits per heavy atom. The second kappa shape index (κ2) is 9.93. The molecule has 32 heavy (non-hydrogen) atoms. The van der Waals surface area contributed by atoms with Crippen LogP contribution >= 0.6 is 35.6 Å². The average molecular weight is 501 g/mol. The van der Waals surface area contributed by atoms with Crippen molar-refractivity contribution in [1.82, 2.24) is 4.90 Å². The van der Waals surface area contributed by atoms with Crippen molar-refractivity contribution in [2.75, 3.05) is 18.5 Å². The van der Waals surface area contributed by atoms with Gasteiger partial charge in [0, 0.05) is 5.02 Å². The molecule has 0 atom stereocenters. The number of nitrogens with zero attached hydrogens (tertiary/aromatic N) is 1. The van der Waals surface area contributed by atoms with Crippen LogP contribution in [-0.2, 0) is 15.8 Å². The summed E-state index contributed by atoms with van der Waals surface area (Å²) in [5.41, 5.74) is -0.809. The number of alkyl halides is 3. The molecule has 168 valence electrons. The zero-order valence-corrected chi connectivity index (χ0v) is 18.9. The Balaban J connectivity index is 1.71. The number of nitrogens with one attached hydrogen (secondary N) is 1. The highest BCUT2D eigenvalue weighted by Crippen LogP contribution is 2.37. The van der Waals surface area contributed by atoms with Crippen molar-refractivity contribution in [3.05, 3.63) is 63.5 Å². The number of hydrogen-bond donors (Lipinski definition) is 1. The maximum atomic E-state index is 13.2. The van der Waals surface area contributed by atoms with Crippen LogP contribution in [-0.4, -0.2) is 34.2 Å². The summed E-state index contributed by atoms with van der Waals surface area (Å²) in [6.45, 7) is 1.87. The molecular weight excluding hydrogens is 485 g/mol. The number of ether oxygens (including phenoxy) is 1. The Morgan fingerprint density at radius 3 is 2.56 bits per heavy atom. The first-order valence-corrected chi connectivity index (χ1v) is 10.8. The van der Waals surface area contributed by atoms with Crippen LogP contribution in [0.4, 0.5) is 18.9 Å². The Kier molecular flexibility index (Phi) is 7.47. The van der Waals surface area contributed by atoms with Crippen LogP contribution in [0, 0.1) is 0 Å². The van der Waals surface area contributed by atoms with E-state index in [9.17, 15) is 22.8 Å². The van der Waals surface area contributed by atoms with Gasteiger partial charge in [0.15, 0.2) is 0 Å². The number of halogens is 4. The Morgan fingerprint density at radius 2 is 1.94 bits per heavy atom. The summed E-state index contributed by atoms with van der Waals surface area (Å²) in [4.78, 5) is 26.4. The van der Waals surface area contributed by atoms with Crippen LogP contribution in [0.2, 0.25) is 5.02 Å². The molecule has 0 radical (unpaired) electrons. The molecule has 0 aliphatic carbocycles. The highest BCUT2D eigenvalue weighted by molar-refractivity contribution is 8.26. The molecule has 1 fully saturated rings. The van der Waals surface area contributed by atoms with Gasteiger partial charge in [-0.3, -0.25) is 14.5 Å². The molecule has 5 nitrogen and oxygen atoms in total. The number of anilines is 1. The van der Waals surface area contributed by atoms with Crippen molar-refractivity contribution in [3.63, 3.8) is 0 Å². The molecule has 2 aromatic rings. The second-order valence-electron chi connectivity index (χ2n) is 6.51. The van der Waals surface area contributed by atoms with E-state index >= 15 is 0 Å². The van der Waals surface area contributed by atoms with E-state index in [0.717, 1.165) is 34.4 Å². The fraction of sp³-hybridized carbons (Fsp3) is 0.190. The quantitative estimate of drug-likeness (QED) is 0.413. The van der Waals surface area contributed by atoms with Crippen LogP contribution in [0.15, 0.2) is 47.4 Å². The largest absolute Gasteiger partial charge is 0.494 e. The van der Waals surface area contributed by atoms with E-state index in [-0.39, 0.29) is 9.34 Å². The molecular formula is C21H16ClF3N2O3S2. The number of thiocarbonyl (C=S) groups is 1. The second-order valence-corrected chi connectivity index (χ2v) is 8.62. The molecule has 0 unspecified atom stereocenters. The molecule has 2 amide bonds. The summed E-state index contributed by atoms with van der Waals surface area (Å²) >= 11 is 11.8. The Labute approximate surface area is 196 Å². The minimum absolute atomic E-state index is 0.119. The van der Waals surface area contributed by atoms with Crippen LogP contribution in [0.3, 0.4) is 0 Å². The molecule has 1 aliphatic heterocycles. The normalized spacial score (nSPS) is 15.4. The zero-order chi connectivity index (χ0) is 23.5. The van der Waals surface area contributed by atoms with E-state index in [1.165, 1.54) is 6.07 Å². The summed E-state index contributed by atoms with van der Waals surface area (Å²) in [7, 11) is 0. The third-order valence-corrected chi connectivity index (χ3v) is 5.84. The lowest BCUT2D eigenvalue weighted by atomic mass is 10.1. The SMILES string of the molecule is CCOc1ccc(/C=C2\SC(=S)N(CC(=O)Nc3ccc(Cl)cc3C(F)(F)F)C2=O)cc1. The van der Waals surface area contributed by atoms with Gasteiger partial charge in [-0.15, -0.1) is 0 Å². The monoisotopic (exact) mass is 500 g/mol. The van der Waals surface area contributed by atoms with Crippen molar-refractivity contribution in [2.45, 2.75) is 13.1 Å². The number of hydrogen-bond acceptors (Lipinski definition) is 5. The van der Waals surface area contributed by atoms with Crippen molar-refractivity contribution in [3.8, 4) is 5.75 Å². The van der Waals surface area contributed by atoms with Crippen LogP contribution in [0.5, 0.6) is 5.75 Å². The highest BCUT2D eigenvalue weighted by atomic mass is 35.5. The molecule has 1 N–H and O–H groups in total. The summed E-state index contributed by atoms with van der Waals surface area (Å²) in [5, 5.41) is 2.06. The maximum Gasteiger partial charge on any atom is 0.418 e. The van der Waals surface area contributed by atoms with Crippen molar-refractivity contribution in [1.29, 1.82) is 0 Å². The van der Waals surface area contributed by atoms with E-state index in [1.54, 1.807) is 30.3 Å². The zero-order valence-electron chi connectivity index (χ0n) is 16.5. The minimum atomic E-state index is -4.71. The minimum Gasteiger partial charge on any atom is -0.494 e. The van der Waals surface area contributed by atoms with Crippen LogP contribution in [0.1, 0.15) is 18.1 Å². The standard InChI is InChI=1S/C21H16ClF3N2O3S2/c1-2-30-14-6-3-12(4-7-14)9-17-19(29)27(20(31)32-17)11-18(28)26-16-8-5-13(22)10-15(16)21(23,24)25/h3-10H,2,11H2,1H3,(H,26,28)/b17-9-. The summed E-state index contributed by atoms with van der Waals surface area (Å²) < 4.78 is 45.2. The lowest BCUT2D eigenvalue weighted by molar-refractivity contribution is -0.137.